The van der Waals surface area contributed by atoms with E-state index < -0.39 is 23.8 Å². The Labute approximate surface area is 660 Å². The first-order chi connectivity index (χ1) is 55.5. The molecule has 4 atom stereocenters. The second-order valence-corrected chi connectivity index (χ2v) is 30.3. The maximum atomic E-state index is 14.9. The average Bonchev–Trinajstić information content (AvgIpc) is 1.61. The van der Waals surface area contributed by atoms with Crippen molar-refractivity contribution < 1.29 is 45.3 Å². The summed E-state index contributed by atoms with van der Waals surface area (Å²) < 4.78 is 111. The predicted molar refractivity (Wildman–Crippen MR) is 427 cm³/mol. The molecular formula is C81H94F6N24O4. The molecule has 6 saturated heterocycles. The van der Waals surface area contributed by atoms with Crippen LogP contribution in [0.1, 0.15) is 97.5 Å². The van der Waals surface area contributed by atoms with Crippen molar-refractivity contribution in [3.63, 3.8) is 0 Å². The Kier molecular flexibility index (Phi) is 22.1. The number of fused-ring (bicyclic) bond motifs is 3. The third-order valence-corrected chi connectivity index (χ3v) is 22.6. The summed E-state index contributed by atoms with van der Waals surface area (Å²) in [5.74, 6) is 0.522. The molecule has 1 amide bonds. The van der Waals surface area contributed by atoms with Crippen LogP contribution in [-0.2, 0) is 26.8 Å². The van der Waals surface area contributed by atoms with E-state index in [0.29, 0.717) is 178 Å². The van der Waals surface area contributed by atoms with E-state index in [-0.39, 0.29) is 59.8 Å². The number of aromatic amines is 1. The highest BCUT2D eigenvalue weighted by Crippen LogP contribution is 2.44. The summed E-state index contributed by atoms with van der Waals surface area (Å²) in [6, 6.07) is 18.8. The quantitative estimate of drug-likeness (QED) is 0.0711. The lowest BCUT2D eigenvalue weighted by molar-refractivity contribution is -0.141. The Morgan fingerprint density at radius 2 is 1.21 bits per heavy atom. The molecule has 0 saturated carbocycles. The number of pyridine rings is 1. The third kappa shape index (κ3) is 15.5. The number of amides is 1. The van der Waals surface area contributed by atoms with Crippen LogP contribution in [0.2, 0.25) is 0 Å². The number of aromatic nitrogens is 16. The molecule has 5 N–H and O–H groups in total. The van der Waals surface area contributed by atoms with Crippen molar-refractivity contribution >= 4 is 57.4 Å². The van der Waals surface area contributed by atoms with Crippen molar-refractivity contribution in [1.82, 2.24) is 99.6 Å². The first-order valence-corrected chi connectivity index (χ1v) is 39.4. The van der Waals surface area contributed by atoms with Gasteiger partial charge in [0, 0.05) is 140 Å². The molecule has 1 aliphatic carbocycles. The van der Waals surface area contributed by atoms with Gasteiger partial charge in [-0.05, 0) is 131 Å². The zero-order chi connectivity index (χ0) is 80.1. The van der Waals surface area contributed by atoms with E-state index in [0.717, 1.165) is 83.1 Å². The van der Waals surface area contributed by atoms with Gasteiger partial charge in [-0.1, -0.05) is 24.3 Å². The lowest BCUT2D eigenvalue weighted by atomic mass is 10.0. The number of benzene rings is 2. The molecule has 9 aromatic heterocycles. The molecule has 0 bridgehead atoms. The first kappa shape index (κ1) is 78.1. The van der Waals surface area contributed by atoms with E-state index in [2.05, 4.69) is 92.2 Å². The van der Waals surface area contributed by atoms with Gasteiger partial charge in [0.25, 0.3) is 5.92 Å². The SMILES string of the molecule is CNc1nc2ccccc2n1-c1nc(-c2c(C(F)(F)F)nn(C3CCNCC3)c2C)cc(N2CCOC[C@H]2C)n1.Cc1nn(C(=O)N2CCNCC2)c(C)c1-c1cc(N2CCOC[C@H]2C)nc(-c2cc(F)cc3[nH]ccc23)n1.Cc1nn(C2CCNCC2(F)F)c(C)c1-c1cc(N2CCOC[C@H]2C)nc(-c2ccnc3c2C=CC3)n1. The Hall–Kier alpha value is -10.8. The highest BCUT2D eigenvalue weighted by Gasteiger charge is 2.45. The van der Waals surface area contributed by atoms with Crippen LogP contribution in [-0.4, -0.2) is 232 Å². The van der Waals surface area contributed by atoms with E-state index in [1.807, 2.05) is 83.1 Å². The number of alkyl halides is 5. The topological polar surface area (TPSA) is 283 Å². The van der Waals surface area contributed by atoms with E-state index in [9.17, 15) is 31.1 Å². The normalized spacial score (nSPS) is 20.0. The highest BCUT2D eigenvalue weighted by atomic mass is 19.4. The maximum absolute atomic E-state index is 14.9. The molecule has 115 heavy (non-hydrogen) atoms. The number of para-hydroxylation sites is 2. The van der Waals surface area contributed by atoms with Gasteiger partial charge in [-0.3, -0.25) is 14.3 Å². The second-order valence-electron chi connectivity index (χ2n) is 30.3. The fraction of sp³-hybridized carbons (Fsp3) is 0.457. The van der Waals surface area contributed by atoms with Crippen LogP contribution >= 0.6 is 0 Å². The van der Waals surface area contributed by atoms with Gasteiger partial charge < -0.3 is 60.1 Å². The van der Waals surface area contributed by atoms with Gasteiger partial charge in [0.1, 0.15) is 29.3 Å². The predicted octanol–water partition coefficient (Wildman–Crippen LogP) is 11.5. The lowest BCUT2D eigenvalue weighted by Gasteiger charge is -2.34. The molecular weight excluding hydrogens is 1490 g/mol. The van der Waals surface area contributed by atoms with Crippen molar-refractivity contribution in [3.8, 4) is 62.5 Å². The molecule has 0 radical (unpaired) electrons. The summed E-state index contributed by atoms with van der Waals surface area (Å²) in [6.45, 7) is 25.2. The fourth-order valence-corrected chi connectivity index (χ4v) is 16.8. The number of allylic oxidation sites excluding steroid dienone is 1. The van der Waals surface area contributed by atoms with E-state index in [1.54, 1.807) is 46.6 Å². The fourth-order valence-electron chi connectivity index (χ4n) is 16.8. The van der Waals surface area contributed by atoms with Gasteiger partial charge in [-0.15, -0.1) is 0 Å². The van der Waals surface area contributed by atoms with E-state index in [4.69, 9.17) is 44.1 Å². The number of carbonyl (C=O) groups is 1. The van der Waals surface area contributed by atoms with Crippen LogP contribution in [0.3, 0.4) is 0 Å². The molecule has 18 rings (SSSR count). The number of carbonyl (C=O) groups excluding carboxylic acids is 1. The minimum absolute atomic E-state index is 0.0201. The van der Waals surface area contributed by atoms with Crippen molar-refractivity contribution in [1.29, 1.82) is 0 Å². The summed E-state index contributed by atoms with van der Waals surface area (Å²) in [5.41, 5.74) is 11.0. The maximum Gasteiger partial charge on any atom is 0.435 e. The molecule has 6 aliphatic heterocycles. The van der Waals surface area contributed by atoms with Gasteiger partial charge in [0.05, 0.1) is 127 Å². The van der Waals surface area contributed by atoms with Crippen LogP contribution in [0.4, 0.5) is 54.5 Å². The first-order valence-electron chi connectivity index (χ1n) is 39.4. The number of anilines is 4. The Balaban J connectivity index is 0.000000130. The minimum Gasteiger partial charge on any atom is -0.377 e. The number of H-pyrrole nitrogens is 1. The summed E-state index contributed by atoms with van der Waals surface area (Å²) >= 11 is 0. The van der Waals surface area contributed by atoms with Gasteiger partial charge in [-0.25, -0.2) is 52.4 Å². The zero-order valence-corrected chi connectivity index (χ0v) is 65.8. The van der Waals surface area contributed by atoms with Crippen LogP contribution in [0, 0.1) is 40.4 Å². The summed E-state index contributed by atoms with van der Waals surface area (Å²) in [6.07, 6.45) is 5.58. The minimum atomic E-state index is -4.66. The molecule has 0 spiro atoms. The number of hydrogen-bond acceptors (Lipinski definition) is 22. The van der Waals surface area contributed by atoms with E-state index in [1.165, 1.54) is 21.5 Å². The smallest absolute Gasteiger partial charge is 0.377 e. The Morgan fingerprint density at radius 1 is 0.617 bits per heavy atom. The molecule has 28 nitrogen and oxygen atoms in total. The molecule has 1 unspecified atom stereocenters. The molecule has 604 valence electrons. The average molecular weight is 1580 g/mol. The van der Waals surface area contributed by atoms with Crippen molar-refractivity contribution in [2.75, 3.05) is 139 Å². The van der Waals surface area contributed by atoms with Crippen molar-refractivity contribution in [2.45, 2.75) is 123 Å². The lowest BCUT2D eigenvalue weighted by Crippen LogP contribution is -2.48. The van der Waals surface area contributed by atoms with Crippen LogP contribution in [0.15, 0.2) is 85.2 Å². The van der Waals surface area contributed by atoms with Gasteiger partial charge in [0.15, 0.2) is 17.3 Å². The second kappa shape index (κ2) is 32.5. The van der Waals surface area contributed by atoms with Crippen LogP contribution in [0.25, 0.3) is 90.5 Å². The van der Waals surface area contributed by atoms with Crippen molar-refractivity contribution in [2.24, 2.45) is 0 Å². The van der Waals surface area contributed by atoms with E-state index >= 15 is 0 Å². The largest absolute Gasteiger partial charge is 0.435 e. The molecule has 11 aromatic rings. The summed E-state index contributed by atoms with van der Waals surface area (Å²) in [7, 11) is 1.74. The van der Waals surface area contributed by atoms with Gasteiger partial charge in [0.2, 0.25) is 11.9 Å². The van der Waals surface area contributed by atoms with Gasteiger partial charge >= 0.3 is 12.2 Å². The Bertz CT molecular complexity index is 5450. The number of nitrogens with zero attached hydrogens (tertiary/aromatic N) is 19. The number of aryl methyl sites for hydroxylation is 2. The molecule has 7 aliphatic rings. The molecule has 34 heteroatoms. The number of imidazole rings is 1. The zero-order valence-electron chi connectivity index (χ0n) is 65.8. The standard InChI is InChI=1S/C27H32F3N9O.C27H31F2N7O.C27H31FN8O2/c1-16-15-40-13-12-37(16)22-14-20(34-26(35-22)38-21-7-5-4-6-19(21)33-25(38)31-3)23-17(2)39(18-8-10-32-11-9-18)36-24(23)27(28,29)30;1-16-14-37-12-11-35(16)24-13-22(32-26(33-24)20-7-10-31-21-6-4-5-19(20)21)25-17(2)34-36(18(25)3)23-8-9-30-15-27(23,28)29;1-16-15-38-11-10-35(16)24-14-23(31-26(32-24)21-12-19(28)13-22-20(21)4-5-30-22)25-17(2)33-36(18(25)3)27(37)34-8-6-29-7-9-34/h4-7,14,16,18,32H,8-13,15H2,1-3H3,(H,31,33);4-5,7,10,13,16,23,30H,6,8-9,11-12,14-15H2,1-3H3;4-5,12-14,16,29-30H,6-11,15H2,1-3H3/t16-;16-,23?;16-/m111/s1. The van der Waals surface area contributed by atoms with Gasteiger partial charge in [-0.2, -0.15) is 38.1 Å². The summed E-state index contributed by atoms with van der Waals surface area (Å²) in [5, 5.41) is 26.7. The highest BCUT2D eigenvalue weighted by molar-refractivity contribution is 5.94. The number of piperidine rings is 2. The number of halogens is 6. The third-order valence-electron chi connectivity index (χ3n) is 22.6. The number of nitrogens with one attached hydrogen (secondary N) is 5. The monoisotopic (exact) mass is 1580 g/mol. The number of hydrogen-bond donors (Lipinski definition) is 5. The number of morpholine rings is 3. The molecule has 2 aromatic carbocycles. The Morgan fingerprint density at radius 3 is 1.84 bits per heavy atom. The number of piperazine rings is 1. The molecule has 15 heterocycles. The number of rotatable bonds is 12. The molecule has 6 fully saturated rings. The number of ether oxygens (including phenoxy) is 3. The van der Waals surface area contributed by atoms with Crippen LogP contribution < -0.4 is 36.0 Å². The van der Waals surface area contributed by atoms with Crippen molar-refractivity contribution in [3.05, 3.63) is 136 Å². The summed E-state index contributed by atoms with van der Waals surface area (Å²) in [4.78, 5) is 63.3. The van der Waals surface area contributed by atoms with Crippen LogP contribution in [0.5, 0.6) is 0 Å².